The van der Waals surface area contributed by atoms with Gasteiger partial charge in [0.05, 0.1) is 36.5 Å². The second-order valence-electron chi connectivity index (χ2n) is 8.64. The summed E-state index contributed by atoms with van der Waals surface area (Å²) in [5.41, 5.74) is 2.14. The number of rotatable bonds is 4. The van der Waals surface area contributed by atoms with Gasteiger partial charge in [0.15, 0.2) is 11.5 Å². The summed E-state index contributed by atoms with van der Waals surface area (Å²) >= 11 is 0. The minimum atomic E-state index is -4.02. The van der Waals surface area contributed by atoms with Gasteiger partial charge in [0, 0.05) is 36.1 Å². The van der Waals surface area contributed by atoms with E-state index < -0.39 is 9.35 Å². The Morgan fingerprint density at radius 2 is 2.03 bits per heavy atom. The highest BCUT2D eigenvalue weighted by Crippen LogP contribution is 2.40. The van der Waals surface area contributed by atoms with Crippen LogP contribution in [0.25, 0.3) is 28.0 Å². The van der Waals surface area contributed by atoms with Crippen molar-refractivity contribution in [3.63, 3.8) is 0 Å². The first-order valence-corrected chi connectivity index (χ1v) is 13.1. The predicted octanol–water partition coefficient (Wildman–Crippen LogP) is 2.95. The third-order valence-electron chi connectivity index (χ3n) is 5.71. The number of anilines is 1. The van der Waals surface area contributed by atoms with Crippen LogP contribution in [0.1, 0.15) is 6.92 Å². The molecule has 1 aliphatic heterocycles. The zero-order valence-electron chi connectivity index (χ0n) is 18.2. The van der Waals surface area contributed by atoms with Gasteiger partial charge in [0.2, 0.25) is 0 Å². The van der Waals surface area contributed by atoms with Gasteiger partial charge in [0.1, 0.15) is 5.82 Å². The van der Waals surface area contributed by atoms with Crippen molar-refractivity contribution in [2.75, 3.05) is 37.2 Å². The van der Waals surface area contributed by atoms with Gasteiger partial charge in [-0.1, -0.05) is 18.2 Å². The summed E-state index contributed by atoms with van der Waals surface area (Å²) in [6.45, 7) is 4.04. The number of aromatic amines is 1. The Labute approximate surface area is 185 Å². The van der Waals surface area contributed by atoms with Gasteiger partial charge >= 0.3 is 0 Å². The largest absolute Gasteiger partial charge is 0.377 e. The lowest BCUT2D eigenvalue weighted by molar-refractivity contribution is 0.0985. The molecule has 0 amide bonds. The van der Waals surface area contributed by atoms with Crippen LogP contribution >= 0.6 is 0 Å². The van der Waals surface area contributed by atoms with E-state index in [9.17, 15) is 8.76 Å². The lowest BCUT2D eigenvalue weighted by Gasteiger charge is -2.36. The molecule has 1 atom stereocenters. The molecule has 0 bridgehead atoms. The third kappa shape index (κ3) is 3.60. The number of nitrogens with one attached hydrogen (secondary N) is 1. The van der Waals surface area contributed by atoms with Gasteiger partial charge in [-0.25, -0.2) is 9.19 Å². The van der Waals surface area contributed by atoms with Crippen LogP contribution in [0.5, 0.6) is 0 Å². The first-order valence-electron chi connectivity index (χ1n) is 10.4. The molecule has 1 saturated heterocycles. The summed E-state index contributed by atoms with van der Waals surface area (Å²) in [4.78, 5) is 7.55. The van der Waals surface area contributed by atoms with Gasteiger partial charge in [-0.2, -0.15) is 24.2 Å². The second kappa shape index (κ2) is 7.22. The Bertz CT molecular complexity index is 1350. The van der Waals surface area contributed by atoms with E-state index in [0.717, 1.165) is 16.8 Å². The summed E-state index contributed by atoms with van der Waals surface area (Å²) in [6, 6.07) is 11.2. The molecule has 1 aliphatic rings. The number of hydrogen-bond donors (Lipinski definition) is 2. The average molecular weight is 455 g/mol. The van der Waals surface area contributed by atoms with E-state index in [2.05, 4.69) is 27.1 Å². The minimum absolute atomic E-state index is 0.146. The number of pyridine rings is 1. The number of fused-ring (bicyclic) bond motifs is 1. The molecule has 9 nitrogen and oxygen atoms in total. The smallest absolute Gasteiger partial charge is 0.167 e. The molecule has 0 aliphatic carbocycles. The molecule has 1 fully saturated rings. The molecule has 5 rings (SSSR count). The highest BCUT2D eigenvalue weighted by atomic mass is 32.3. The van der Waals surface area contributed by atoms with Gasteiger partial charge in [-0.05, 0) is 24.6 Å². The maximum atomic E-state index is 13.2. The van der Waals surface area contributed by atoms with Gasteiger partial charge < -0.3 is 9.64 Å². The number of benzene rings is 1. The van der Waals surface area contributed by atoms with Crippen LogP contribution in [0, 0.1) is 0 Å². The minimum Gasteiger partial charge on any atom is -0.377 e. The summed E-state index contributed by atoms with van der Waals surface area (Å²) in [5, 5.41) is 12.3. The van der Waals surface area contributed by atoms with E-state index in [-0.39, 0.29) is 6.04 Å². The third-order valence-corrected chi connectivity index (χ3v) is 7.32. The Morgan fingerprint density at radius 1 is 1.22 bits per heavy atom. The summed E-state index contributed by atoms with van der Waals surface area (Å²) in [6.07, 6.45) is 6.16. The van der Waals surface area contributed by atoms with Crippen molar-refractivity contribution in [2.24, 2.45) is 0 Å². The fourth-order valence-electron chi connectivity index (χ4n) is 4.16. The fourth-order valence-corrected chi connectivity index (χ4v) is 5.44. The van der Waals surface area contributed by atoms with Crippen molar-refractivity contribution in [3.05, 3.63) is 48.8 Å². The number of ether oxygens (including phenoxy) is 1. The van der Waals surface area contributed by atoms with Crippen molar-refractivity contribution in [3.8, 4) is 16.9 Å². The molecule has 32 heavy (non-hydrogen) atoms. The summed E-state index contributed by atoms with van der Waals surface area (Å²) in [7, 11) is -4.02. The molecule has 4 aromatic rings. The van der Waals surface area contributed by atoms with Gasteiger partial charge in [-0.15, -0.1) is 0 Å². The maximum Gasteiger partial charge on any atom is 0.167 e. The molecule has 3 aromatic heterocycles. The lowest BCUT2D eigenvalue weighted by atomic mass is 10.0. The Morgan fingerprint density at radius 3 is 2.75 bits per heavy atom. The standard InChI is InChI=1S/C22H26N6O3S/c1-15-14-31-11-10-27(15)21-12-17(16-6-4-5-7-19(16)32(2,3,29)30)18-13-24-28(22(18)25-21)20-8-9-23-26-20/h4-9,12-13,15H,10-11,14H2,1-3H3,(H,23,26)(H,29,30)/t15-/m1/s1. The predicted molar refractivity (Wildman–Crippen MR) is 125 cm³/mol. The van der Waals surface area contributed by atoms with Crippen molar-refractivity contribution in [1.82, 2.24) is 25.0 Å². The van der Waals surface area contributed by atoms with Gasteiger partial charge in [0.25, 0.3) is 0 Å². The first-order chi connectivity index (χ1) is 15.2. The van der Waals surface area contributed by atoms with E-state index in [0.29, 0.717) is 41.7 Å². The van der Waals surface area contributed by atoms with E-state index in [4.69, 9.17) is 9.72 Å². The van der Waals surface area contributed by atoms with Crippen LogP contribution in [0.3, 0.4) is 0 Å². The number of hydrogen-bond acceptors (Lipinski definition) is 6. The van der Waals surface area contributed by atoms with Crippen molar-refractivity contribution < 1.29 is 13.5 Å². The SMILES string of the molecule is C[C@@H]1COCCN1c1cc(-c2ccccc2S(C)(C)(=O)O)c2cnn(-c3ccn[nH]3)c2n1. The van der Waals surface area contributed by atoms with Crippen molar-refractivity contribution in [2.45, 2.75) is 17.9 Å². The second-order valence-corrected chi connectivity index (χ2v) is 12.6. The molecule has 168 valence electrons. The number of morpholine rings is 1. The Hall–Kier alpha value is -3.08. The molecular weight excluding hydrogens is 428 g/mol. The molecule has 0 saturated carbocycles. The number of aromatic nitrogens is 5. The highest BCUT2D eigenvalue weighted by molar-refractivity contribution is 8.14. The normalized spacial score (nSPS) is 18.6. The van der Waals surface area contributed by atoms with Crippen molar-refractivity contribution in [1.29, 1.82) is 0 Å². The topological polar surface area (TPSA) is 109 Å². The number of nitrogens with zero attached hydrogens (tertiary/aromatic N) is 5. The molecule has 0 spiro atoms. The van der Waals surface area contributed by atoms with Gasteiger partial charge in [-0.3, -0.25) is 9.65 Å². The lowest BCUT2D eigenvalue weighted by Crippen LogP contribution is -2.44. The molecule has 2 N–H and O–H groups in total. The van der Waals surface area contributed by atoms with Crippen LogP contribution in [-0.2, 0) is 14.1 Å². The molecule has 0 radical (unpaired) electrons. The molecular formula is C22H26N6O3S. The Balaban J connectivity index is 1.81. The monoisotopic (exact) mass is 454 g/mol. The zero-order valence-corrected chi connectivity index (χ0v) is 19.0. The van der Waals surface area contributed by atoms with Crippen LogP contribution in [0.2, 0.25) is 0 Å². The van der Waals surface area contributed by atoms with Crippen LogP contribution in [0.15, 0.2) is 53.7 Å². The zero-order chi connectivity index (χ0) is 22.5. The Kier molecular flexibility index (Phi) is 4.70. The van der Waals surface area contributed by atoms with Crippen molar-refractivity contribution >= 4 is 26.2 Å². The average Bonchev–Trinajstić information content (AvgIpc) is 3.42. The highest BCUT2D eigenvalue weighted by Gasteiger charge is 2.27. The summed E-state index contributed by atoms with van der Waals surface area (Å²) < 4.78 is 31.4. The molecule has 1 aromatic carbocycles. The van der Waals surface area contributed by atoms with E-state index in [1.807, 2.05) is 24.3 Å². The quantitative estimate of drug-likeness (QED) is 0.488. The number of H-pyrrole nitrogens is 1. The van der Waals surface area contributed by atoms with E-state index in [1.54, 1.807) is 29.2 Å². The molecule has 4 heterocycles. The summed E-state index contributed by atoms with van der Waals surface area (Å²) in [5.74, 6) is 1.46. The van der Waals surface area contributed by atoms with E-state index >= 15 is 0 Å². The van der Waals surface area contributed by atoms with E-state index in [1.165, 1.54) is 12.5 Å². The first kappa shape index (κ1) is 20.8. The van der Waals surface area contributed by atoms with Crippen LogP contribution in [0.4, 0.5) is 5.82 Å². The fraction of sp³-hybridized carbons (Fsp3) is 0.318. The molecule has 10 heteroatoms. The van der Waals surface area contributed by atoms with Crippen LogP contribution < -0.4 is 4.90 Å². The molecule has 0 unspecified atom stereocenters. The maximum absolute atomic E-state index is 13.2. The van der Waals surface area contributed by atoms with Crippen LogP contribution in [-0.4, -0.2) is 72.0 Å².